The van der Waals surface area contributed by atoms with Gasteiger partial charge in [-0.1, -0.05) is 47.7 Å². The van der Waals surface area contributed by atoms with E-state index in [0.29, 0.717) is 17.4 Å². The van der Waals surface area contributed by atoms with Crippen molar-refractivity contribution in [2.75, 3.05) is 5.32 Å². The minimum Gasteiger partial charge on any atom is -0.393 e. The van der Waals surface area contributed by atoms with Gasteiger partial charge in [-0.2, -0.15) is 0 Å². The van der Waals surface area contributed by atoms with Gasteiger partial charge in [-0.05, 0) is 61.6 Å². The van der Waals surface area contributed by atoms with Crippen LogP contribution in [0.1, 0.15) is 41.7 Å². The lowest BCUT2D eigenvalue weighted by molar-refractivity contribution is 0.102. The smallest absolute Gasteiger partial charge is 0.274 e. The lowest BCUT2D eigenvalue weighted by Gasteiger charge is -2.26. The number of pyridine rings is 2. The molecule has 1 aliphatic rings. The molecule has 2 aromatic carbocycles. The Morgan fingerprint density at radius 1 is 0.946 bits per heavy atom. The van der Waals surface area contributed by atoms with Gasteiger partial charge in [0.05, 0.1) is 17.3 Å². The highest BCUT2D eigenvalue weighted by molar-refractivity contribution is 7.21. The van der Waals surface area contributed by atoms with E-state index >= 15 is 0 Å². The maximum absolute atomic E-state index is 13.1. The highest BCUT2D eigenvalue weighted by atomic mass is 32.1. The number of amides is 1. The van der Waals surface area contributed by atoms with E-state index in [-0.39, 0.29) is 12.0 Å². The number of aromatic nitrogens is 3. The molecular weight excluding hydrogens is 482 g/mol. The number of rotatable bonds is 6. The number of hydrogen-bond acceptors (Lipinski definition) is 7. The Balaban J connectivity index is 1.21. The number of thiazole rings is 1. The van der Waals surface area contributed by atoms with Crippen molar-refractivity contribution >= 4 is 44.2 Å². The van der Waals surface area contributed by atoms with Gasteiger partial charge in [0, 0.05) is 29.7 Å². The SMILES string of the molecule is O=C(Nc1ccccc1-c1nc2cc(CNC3CCC(O)CC3)cnc2s1)c1ccc2ccccc2n1. The Morgan fingerprint density at radius 2 is 1.76 bits per heavy atom. The number of para-hydroxylation sites is 2. The fraction of sp³-hybridized carbons (Fsp3) is 0.241. The average Bonchev–Trinajstić information content (AvgIpc) is 3.36. The molecule has 3 aromatic heterocycles. The summed E-state index contributed by atoms with van der Waals surface area (Å²) in [7, 11) is 0. The van der Waals surface area contributed by atoms with E-state index in [4.69, 9.17) is 4.98 Å². The number of anilines is 1. The first-order chi connectivity index (χ1) is 18.1. The molecule has 0 radical (unpaired) electrons. The largest absolute Gasteiger partial charge is 0.393 e. The van der Waals surface area contributed by atoms with Crippen LogP contribution in [-0.4, -0.2) is 38.1 Å². The van der Waals surface area contributed by atoms with Crippen molar-refractivity contribution < 1.29 is 9.90 Å². The lowest BCUT2D eigenvalue weighted by atomic mass is 9.93. The van der Waals surface area contributed by atoms with E-state index in [1.807, 2.05) is 60.8 Å². The third kappa shape index (κ3) is 5.22. The van der Waals surface area contributed by atoms with Crippen LogP contribution >= 0.6 is 11.3 Å². The topological polar surface area (TPSA) is 100 Å². The number of carbonyl (C=O) groups excluding carboxylic acids is 1. The minimum atomic E-state index is -0.263. The molecule has 0 unspecified atom stereocenters. The summed E-state index contributed by atoms with van der Waals surface area (Å²) >= 11 is 1.51. The van der Waals surface area contributed by atoms with Crippen LogP contribution in [-0.2, 0) is 6.54 Å². The van der Waals surface area contributed by atoms with E-state index < -0.39 is 0 Å². The van der Waals surface area contributed by atoms with E-state index in [2.05, 4.69) is 26.7 Å². The maximum Gasteiger partial charge on any atom is 0.274 e. The molecular formula is C29H27N5O2S. The summed E-state index contributed by atoms with van der Waals surface area (Å²) in [6.07, 6.45) is 5.45. The summed E-state index contributed by atoms with van der Waals surface area (Å²) in [5.74, 6) is -0.263. The molecule has 0 atom stereocenters. The van der Waals surface area contributed by atoms with Crippen molar-refractivity contribution in [3.63, 3.8) is 0 Å². The first-order valence-corrected chi connectivity index (χ1v) is 13.4. The molecule has 6 rings (SSSR count). The normalized spacial score (nSPS) is 17.8. The predicted molar refractivity (Wildman–Crippen MR) is 148 cm³/mol. The number of hydrogen-bond donors (Lipinski definition) is 3. The molecule has 0 spiro atoms. The van der Waals surface area contributed by atoms with E-state index in [1.54, 1.807) is 6.07 Å². The second kappa shape index (κ2) is 10.3. The van der Waals surface area contributed by atoms with Crippen molar-refractivity contribution in [3.8, 4) is 10.6 Å². The third-order valence-electron chi connectivity index (χ3n) is 6.83. The van der Waals surface area contributed by atoms with Gasteiger partial charge < -0.3 is 15.7 Å². The molecule has 0 saturated heterocycles. The molecule has 8 heteroatoms. The van der Waals surface area contributed by atoms with Crippen molar-refractivity contribution in [2.24, 2.45) is 0 Å². The van der Waals surface area contributed by atoms with Gasteiger partial charge in [0.25, 0.3) is 5.91 Å². The van der Waals surface area contributed by atoms with Crippen LogP contribution < -0.4 is 10.6 Å². The second-order valence-electron chi connectivity index (χ2n) is 9.46. The molecule has 3 heterocycles. The molecule has 5 aromatic rings. The van der Waals surface area contributed by atoms with Gasteiger partial charge in [0.1, 0.15) is 21.0 Å². The number of nitrogens with one attached hydrogen (secondary N) is 2. The minimum absolute atomic E-state index is 0.152. The molecule has 186 valence electrons. The molecule has 0 aliphatic heterocycles. The fourth-order valence-electron chi connectivity index (χ4n) is 4.78. The van der Waals surface area contributed by atoms with E-state index in [9.17, 15) is 9.90 Å². The van der Waals surface area contributed by atoms with Crippen molar-refractivity contribution in [1.82, 2.24) is 20.3 Å². The standard InChI is InChI=1S/C29H27N5O2S/c35-21-12-10-20(11-13-21)30-16-18-15-26-29(31-17-18)37-28(34-26)22-6-2-4-8-24(22)33-27(36)25-14-9-19-5-1-3-7-23(19)32-25/h1-9,14-15,17,20-21,30,35H,10-13,16H2,(H,33,36). The zero-order valence-corrected chi connectivity index (χ0v) is 21.0. The summed E-state index contributed by atoms with van der Waals surface area (Å²) in [5.41, 5.74) is 4.61. The quantitative estimate of drug-likeness (QED) is 0.277. The van der Waals surface area contributed by atoms with Crippen LogP contribution in [0, 0.1) is 0 Å². The summed E-state index contributed by atoms with van der Waals surface area (Å²) in [4.78, 5) is 27.9. The van der Waals surface area contributed by atoms with Gasteiger partial charge in [-0.25, -0.2) is 15.0 Å². The summed E-state index contributed by atoms with van der Waals surface area (Å²) in [5, 5.41) is 18.1. The third-order valence-corrected chi connectivity index (χ3v) is 7.84. The van der Waals surface area contributed by atoms with E-state index in [0.717, 1.165) is 69.6 Å². The summed E-state index contributed by atoms with van der Waals surface area (Å²) in [6.45, 7) is 0.724. The number of nitrogens with zero attached hydrogens (tertiary/aromatic N) is 3. The monoisotopic (exact) mass is 509 g/mol. The second-order valence-corrected chi connectivity index (χ2v) is 10.4. The molecule has 3 N–H and O–H groups in total. The molecule has 1 aliphatic carbocycles. The average molecular weight is 510 g/mol. The first kappa shape index (κ1) is 23.7. The lowest BCUT2D eigenvalue weighted by Crippen LogP contribution is -2.34. The Kier molecular flexibility index (Phi) is 6.61. The van der Waals surface area contributed by atoms with Gasteiger partial charge in [-0.3, -0.25) is 4.79 Å². The van der Waals surface area contributed by atoms with Gasteiger partial charge >= 0.3 is 0 Å². The summed E-state index contributed by atoms with van der Waals surface area (Å²) < 4.78 is 0. The number of carbonyl (C=O) groups is 1. The number of fused-ring (bicyclic) bond motifs is 2. The Bertz CT molecular complexity index is 1580. The fourth-order valence-corrected chi connectivity index (χ4v) is 5.71. The molecule has 1 fully saturated rings. The first-order valence-electron chi connectivity index (χ1n) is 12.6. The number of aliphatic hydroxyl groups is 1. The van der Waals surface area contributed by atoms with Crippen LogP contribution in [0.3, 0.4) is 0 Å². The van der Waals surface area contributed by atoms with Crippen molar-refractivity contribution in [3.05, 3.63) is 84.2 Å². The Hall–Kier alpha value is -3.72. The zero-order valence-electron chi connectivity index (χ0n) is 20.2. The highest BCUT2D eigenvalue weighted by Gasteiger charge is 2.19. The van der Waals surface area contributed by atoms with Crippen LogP contribution in [0.5, 0.6) is 0 Å². The van der Waals surface area contributed by atoms with Crippen LogP contribution in [0.2, 0.25) is 0 Å². The van der Waals surface area contributed by atoms with Crippen LogP contribution in [0.25, 0.3) is 31.8 Å². The molecule has 0 bridgehead atoms. The van der Waals surface area contributed by atoms with Crippen LogP contribution in [0.4, 0.5) is 5.69 Å². The number of benzene rings is 2. The summed E-state index contributed by atoms with van der Waals surface area (Å²) in [6, 6.07) is 21.6. The van der Waals surface area contributed by atoms with Gasteiger partial charge in [0.2, 0.25) is 0 Å². The zero-order chi connectivity index (χ0) is 25.2. The van der Waals surface area contributed by atoms with Gasteiger partial charge in [0.15, 0.2) is 0 Å². The van der Waals surface area contributed by atoms with Crippen molar-refractivity contribution in [2.45, 2.75) is 44.4 Å². The predicted octanol–water partition coefficient (Wildman–Crippen LogP) is 5.55. The Morgan fingerprint density at radius 3 is 2.65 bits per heavy atom. The van der Waals surface area contributed by atoms with Gasteiger partial charge in [-0.15, -0.1) is 0 Å². The van der Waals surface area contributed by atoms with Crippen LogP contribution in [0.15, 0.2) is 72.9 Å². The molecule has 1 amide bonds. The Labute approximate surface area is 218 Å². The molecule has 7 nitrogen and oxygen atoms in total. The number of aliphatic hydroxyl groups excluding tert-OH is 1. The molecule has 1 saturated carbocycles. The van der Waals surface area contributed by atoms with E-state index in [1.165, 1.54) is 11.3 Å². The molecule has 37 heavy (non-hydrogen) atoms. The van der Waals surface area contributed by atoms with Crippen molar-refractivity contribution in [1.29, 1.82) is 0 Å². The maximum atomic E-state index is 13.1. The highest BCUT2D eigenvalue weighted by Crippen LogP contribution is 2.34.